The molecule has 1 N–H and O–H groups in total. The van der Waals surface area contributed by atoms with E-state index in [1.165, 1.54) is 19.5 Å². The fourth-order valence-corrected chi connectivity index (χ4v) is 5.63. The van der Waals surface area contributed by atoms with Crippen LogP contribution in [0.3, 0.4) is 0 Å². The molecule has 1 amide bonds. The molecule has 0 aliphatic carbocycles. The molecule has 5 heteroatoms. The first-order chi connectivity index (χ1) is 10.8. The normalized spacial score (nSPS) is 16.7. The summed E-state index contributed by atoms with van der Waals surface area (Å²) in [6.45, 7) is 7.28. The molecule has 4 rings (SSSR count). The zero-order valence-electron chi connectivity index (χ0n) is 12.6. The van der Waals surface area contributed by atoms with Crippen molar-refractivity contribution in [3.05, 3.63) is 35.2 Å². The third-order valence-electron chi connectivity index (χ3n) is 4.52. The number of amides is 1. The van der Waals surface area contributed by atoms with Gasteiger partial charge in [-0.1, -0.05) is 18.2 Å². The number of piperazine rings is 1. The molecule has 0 spiro atoms. The maximum atomic E-state index is 12.7. The molecule has 0 saturated carbocycles. The number of hydrogen-bond acceptors (Lipinski definition) is 3. The molecule has 22 heavy (non-hydrogen) atoms. The van der Waals surface area contributed by atoms with Crippen molar-refractivity contribution in [2.24, 2.45) is 0 Å². The number of hydrogen-bond donors (Lipinski definition) is 1. The van der Waals surface area contributed by atoms with Gasteiger partial charge in [-0.3, -0.25) is 4.79 Å². The molecule has 0 bridgehead atoms. The van der Waals surface area contributed by atoms with Crippen LogP contribution in [-0.2, 0) is 0 Å². The summed E-state index contributed by atoms with van der Waals surface area (Å²) >= 11 is 3.44. The lowest BCUT2D eigenvalue weighted by Gasteiger charge is -2.31. The molecule has 0 unspecified atom stereocenters. The van der Waals surface area contributed by atoms with Gasteiger partial charge < -0.3 is 9.80 Å². The highest BCUT2D eigenvalue weighted by Crippen LogP contribution is 2.39. The summed E-state index contributed by atoms with van der Waals surface area (Å²) in [6.07, 6.45) is 0. The van der Waals surface area contributed by atoms with Crippen LogP contribution in [0, 0.1) is 0 Å². The Hall–Kier alpha value is -1.43. The number of nitrogens with one attached hydrogen (secondary N) is 1. The Bertz CT molecular complexity index is 828. The largest absolute Gasteiger partial charge is 0.332 e. The first-order valence-electron chi connectivity index (χ1n) is 7.80. The van der Waals surface area contributed by atoms with Crippen LogP contribution in [0.4, 0.5) is 0 Å². The van der Waals surface area contributed by atoms with E-state index in [0.29, 0.717) is 0 Å². The molecule has 114 valence electrons. The molecule has 3 nitrogen and oxygen atoms in total. The van der Waals surface area contributed by atoms with Gasteiger partial charge in [0.2, 0.25) is 0 Å². The van der Waals surface area contributed by atoms with Crippen LogP contribution in [0.5, 0.6) is 0 Å². The Balaban J connectivity index is 1.62. The van der Waals surface area contributed by atoms with E-state index in [4.69, 9.17) is 0 Å². The van der Waals surface area contributed by atoms with E-state index in [1.807, 2.05) is 4.90 Å². The number of benzene rings is 1. The van der Waals surface area contributed by atoms with Crippen molar-refractivity contribution in [2.45, 2.75) is 6.92 Å². The number of carbonyl (C=O) groups excluding carboxylic acids is 1. The third kappa shape index (κ3) is 2.33. The summed E-state index contributed by atoms with van der Waals surface area (Å²) in [6, 6.07) is 10.5. The summed E-state index contributed by atoms with van der Waals surface area (Å²) in [7, 11) is 0. The summed E-state index contributed by atoms with van der Waals surface area (Å²) in [5, 5.41) is 1.28. The molecule has 3 heterocycles. The number of nitrogens with zero attached hydrogens (tertiary/aromatic N) is 1. The maximum absolute atomic E-state index is 12.7. The van der Waals surface area contributed by atoms with Gasteiger partial charge in [-0.15, -0.1) is 22.7 Å². The van der Waals surface area contributed by atoms with Crippen LogP contribution in [0.15, 0.2) is 30.3 Å². The van der Waals surface area contributed by atoms with Gasteiger partial charge in [-0.2, -0.15) is 0 Å². The fraction of sp³-hybridized carbons (Fsp3) is 0.353. The van der Waals surface area contributed by atoms with Gasteiger partial charge >= 0.3 is 0 Å². The van der Waals surface area contributed by atoms with E-state index >= 15 is 0 Å². The average Bonchev–Trinajstić information content (AvgIpc) is 3.12. The van der Waals surface area contributed by atoms with Crippen molar-refractivity contribution in [1.29, 1.82) is 0 Å². The molecule has 0 atom stereocenters. The van der Waals surface area contributed by atoms with Gasteiger partial charge in [0, 0.05) is 14.8 Å². The van der Waals surface area contributed by atoms with Crippen molar-refractivity contribution < 1.29 is 9.69 Å². The zero-order chi connectivity index (χ0) is 15.1. The Morgan fingerprint density at radius 1 is 1.18 bits per heavy atom. The third-order valence-corrected chi connectivity index (χ3v) is 6.92. The number of fused-ring (bicyclic) bond motifs is 3. The Kier molecular flexibility index (Phi) is 3.64. The van der Waals surface area contributed by atoms with Gasteiger partial charge in [0.15, 0.2) is 0 Å². The van der Waals surface area contributed by atoms with Crippen LogP contribution in [0.1, 0.15) is 16.6 Å². The SMILES string of the molecule is CC[NH+]1CCN(C(=O)c2cc3sc4ccccc4c3s2)CC1. The molecule has 3 aromatic rings. The van der Waals surface area contributed by atoms with Crippen molar-refractivity contribution in [1.82, 2.24) is 4.90 Å². The number of thiophene rings is 2. The first kappa shape index (κ1) is 14.2. The highest BCUT2D eigenvalue weighted by atomic mass is 32.1. The molecule has 0 radical (unpaired) electrons. The number of likely N-dealkylation sites (N-methyl/N-ethyl adjacent to an activating group) is 1. The van der Waals surface area contributed by atoms with Gasteiger partial charge in [-0.05, 0) is 19.1 Å². The molecular formula is C17H19N2OS2+. The van der Waals surface area contributed by atoms with Crippen LogP contribution >= 0.6 is 22.7 Å². The zero-order valence-corrected chi connectivity index (χ0v) is 14.2. The van der Waals surface area contributed by atoms with Crippen molar-refractivity contribution in [3.63, 3.8) is 0 Å². The van der Waals surface area contributed by atoms with Crippen molar-refractivity contribution in [3.8, 4) is 0 Å². The van der Waals surface area contributed by atoms with Crippen LogP contribution in [-0.4, -0.2) is 43.5 Å². The van der Waals surface area contributed by atoms with Crippen LogP contribution in [0.2, 0.25) is 0 Å². The Labute approximate surface area is 137 Å². The topological polar surface area (TPSA) is 24.8 Å². The van der Waals surface area contributed by atoms with Crippen LogP contribution in [0.25, 0.3) is 19.5 Å². The maximum Gasteiger partial charge on any atom is 0.264 e. The summed E-state index contributed by atoms with van der Waals surface area (Å²) in [5.74, 6) is 0.215. The molecule has 1 fully saturated rings. The molecule has 1 saturated heterocycles. The van der Waals surface area contributed by atoms with E-state index in [2.05, 4.69) is 37.3 Å². The van der Waals surface area contributed by atoms with E-state index in [0.717, 1.165) is 37.6 Å². The van der Waals surface area contributed by atoms with E-state index in [1.54, 1.807) is 27.6 Å². The van der Waals surface area contributed by atoms with Crippen molar-refractivity contribution in [2.75, 3.05) is 32.7 Å². The Morgan fingerprint density at radius 2 is 1.95 bits per heavy atom. The highest BCUT2D eigenvalue weighted by Gasteiger charge is 2.25. The lowest BCUT2D eigenvalue weighted by molar-refractivity contribution is -0.902. The molecule has 1 aromatic carbocycles. The lowest BCUT2D eigenvalue weighted by Crippen LogP contribution is -3.14. The second-order valence-electron chi connectivity index (χ2n) is 5.80. The smallest absolute Gasteiger partial charge is 0.264 e. The molecule has 1 aliphatic heterocycles. The minimum Gasteiger partial charge on any atom is -0.332 e. The molecule has 2 aromatic heterocycles. The summed E-state index contributed by atoms with van der Waals surface area (Å²) < 4.78 is 3.82. The second kappa shape index (κ2) is 5.65. The van der Waals surface area contributed by atoms with E-state index in [-0.39, 0.29) is 5.91 Å². The summed E-state index contributed by atoms with van der Waals surface area (Å²) in [4.78, 5) is 17.2. The molecular weight excluding hydrogens is 312 g/mol. The number of rotatable bonds is 2. The van der Waals surface area contributed by atoms with Crippen molar-refractivity contribution >= 4 is 48.1 Å². The number of carbonyl (C=O) groups is 1. The van der Waals surface area contributed by atoms with Gasteiger partial charge in [-0.25, -0.2) is 0 Å². The summed E-state index contributed by atoms with van der Waals surface area (Å²) in [5.41, 5.74) is 0. The predicted molar refractivity (Wildman–Crippen MR) is 94.3 cm³/mol. The Morgan fingerprint density at radius 3 is 2.73 bits per heavy atom. The highest BCUT2D eigenvalue weighted by molar-refractivity contribution is 7.33. The fourth-order valence-electron chi connectivity index (χ4n) is 3.14. The minimum atomic E-state index is 0.215. The quantitative estimate of drug-likeness (QED) is 0.767. The van der Waals surface area contributed by atoms with E-state index < -0.39 is 0 Å². The average molecular weight is 331 g/mol. The predicted octanol–water partition coefficient (Wildman–Crippen LogP) is 2.48. The number of quaternary nitrogens is 1. The monoisotopic (exact) mass is 331 g/mol. The van der Waals surface area contributed by atoms with Gasteiger partial charge in [0.05, 0.1) is 42.3 Å². The second-order valence-corrected chi connectivity index (χ2v) is 7.93. The first-order valence-corrected chi connectivity index (χ1v) is 9.43. The van der Waals surface area contributed by atoms with E-state index in [9.17, 15) is 4.79 Å². The molecule has 1 aliphatic rings. The standard InChI is InChI=1S/C17H18N2OS2/c1-2-18-7-9-19(10-8-18)17(20)15-11-14-16(22-15)12-5-3-4-6-13(12)21-14/h3-6,11H,2,7-10H2,1H3/p+1. The van der Waals surface area contributed by atoms with Gasteiger partial charge in [0.25, 0.3) is 5.91 Å². The minimum absolute atomic E-state index is 0.215. The lowest BCUT2D eigenvalue weighted by atomic mass is 10.2. The van der Waals surface area contributed by atoms with Crippen LogP contribution < -0.4 is 4.90 Å². The van der Waals surface area contributed by atoms with Gasteiger partial charge in [0.1, 0.15) is 0 Å².